The van der Waals surface area contributed by atoms with Crippen molar-refractivity contribution < 1.29 is 23.4 Å². The Balaban J connectivity index is 1.37. The van der Waals surface area contributed by atoms with Gasteiger partial charge in [0.15, 0.2) is 0 Å². The Morgan fingerprint density at radius 2 is 1.88 bits per heavy atom. The van der Waals surface area contributed by atoms with E-state index in [-0.39, 0.29) is 18.9 Å². The number of carbonyl (C=O) groups is 1. The monoisotopic (exact) mass is 689 g/mol. The van der Waals surface area contributed by atoms with Crippen molar-refractivity contribution >= 4 is 39.1 Å². The van der Waals surface area contributed by atoms with Crippen LogP contribution in [0.1, 0.15) is 23.6 Å². The number of hydrogen-bond donors (Lipinski definition) is 1. The molecule has 3 aromatic heterocycles. The van der Waals surface area contributed by atoms with Gasteiger partial charge in [0.25, 0.3) is 0 Å². The number of ether oxygens (including phenoxy) is 3. The maximum Gasteiger partial charge on any atom is 0.347 e. The first kappa shape index (κ1) is 33.9. The number of nitrogens with two attached hydrogens (primary N) is 1. The van der Waals surface area contributed by atoms with Gasteiger partial charge in [-0.2, -0.15) is 0 Å². The number of halogens is 1. The van der Waals surface area contributed by atoms with Crippen molar-refractivity contribution in [2.45, 2.75) is 32.9 Å². The number of benzene rings is 2. The number of nitrogens with zero attached hydrogens (tertiary/aromatic N) is 4. The lowest BCUT2D eigenvalue weighted by atomic mass is 9.97. The number of esters is 1. The Morgan fingerprint density at radius 3 is 2.60 bits per heavy atom. The second kappa shape index (κ2) is 15.5. The minimum absolute atomic E-state index is 0.213. The summed E-state index contributed by atoms with van der Waals surface area (Å²) in [7, 11) is 2.15. The first-order valence-corrected chi connectivity index (χ1v) is 17.3. The molecular formula is C36H40ClN5O5S. The second-order valence-electron chi connectivity index (χ2n) is 11.7. The van der Waals surface area contributed by atoms with Crippen LogP contribution in [0.15, 0.2) is 65.5 Å². The number of piperazine rings is 1. The number of thiophene rings is 1. The summed E-state index contributed by atoms with van der Waals surface area (Å²) in [5, 5.41) is 1.18. The normalized spacial score (nSPS) is 14.7. The zero-order valence-electron chi connectivity index (χ0n) is 27.4. The number of carbonyl (C=O) groups excluding carboxylic acids is 1. The second-order valence-corrected chi connectivity index (χ2v) is 13.1. The predicted octanol–water partition coefficient (Wildman–Crippen LogP) is 6.22. The Kier molecular flexibility index (Phi) is 10.9. The largest absolute Gasteiger partial charge is 0.491 e. The van der Waals surface area contributed by atoms with Gasteiger partial charge in [-0.3, -0.25) is 4.90 Å². The van der Waals surface area contributed by atoms with Crippen LogP contribution < -0.4 is 15.2 Å². The minimum atomic E-state index is -0.976. The average molecular weight is 690 g/mol. The van der Waals surface area contributed by atoms with E-state index < -0.39 is 12.1 Å². The van der Waals surface area contributed by atoms with Gasteiger partial charge in [0.2, 0.25) is 12.0 Å². The Bertz CT molecular complexity index is 1860. The maximum absolute atomic E-state index is 13.3. The van der Waals surface area contributed by atoms with Crippen LogP contribution in [0, 0.1) is 6.92 Å². The summed E-state index contributed by atoms with van der Waals surface area (Å²) in [5.74, 6) is 1.06. The van der Waals surface area contributed by atoms with E-state index in [0.29, 0.717) is 39.9 Å². The summed E-state index contributed by atoms with van der Waals surface area (Å²) in [6.45, 7) is 9.81. The molecule has 2 aromatic carbocycles. The quantitative estimate of drug-likeness (QED) is 0.143. The number of likely N-dealkylation sites (N-methyl/N-ethyl adjacent to an activating group) is 1. The summed E-state index contributed by atoms with van der Waals surface area (Å²) in [6.07, 6.45) is 2.36. The highest BCUT2D eigenvalue weighted by Gasteiger charge is 2.29. The molecule has 10 nitrogen and oxygen atoms in total. The highest BCUT2D eigenvalue weighted by atomic mass is 35.5. The smallest absolute Gasteiger partial charge is 0.347 e. The standard InChI is InChI=1S/C36H40ClN5O5S/c1-4-44-36(43)29(20-24-8-5-6-9-25(24)21-38)47-34-31-30(33(28-10-7-18-45-28)48-35(31)40-22-39-34)26-11-12-27(32(37)23(26)2)46-19-17-42-15-13-41(3)14-16-42/h5-12,18,22,29H,4,13-17,19-21,38H2,1-3H3/t29-/m1/s1. The van der Waals surface area contributed by atoms with E-state index in [1.807, 2.05) is 55.5 Å². The van der Waals surface area contributed by atoms with Gasteiger partial charge in [0.05, 0.1) is 28.2 Å². The molecule has 1 atom stereocenters. The van der Waals surface area contributed by atoms with Gasteiger partial charge >= 0.3 is 5.97 Å². The first-order chi connectivity index (χ1) is 23.4. The first-order valence-electron chi connectivity index (χ1n) is 16.1. The van der Waals surface area contributed by atoms with Gasteiger partial charge in [-0.05, 0) is 61.3 Å². The third-order valence-corrected chi connectivity index (χ3v) is 10.2. The molecule has 0 unspecified atom stereocenters. The molecule has 4 heterocycles. The molecule has 12 heteroatoms. The SMILES string of the molecule is CCOC(=O)[C@@H](Cc1ccccc1CN)Oc1ncnc2sc(-c3ccco3)c(-c3ccc(OCCN4CCN(C)CC4)c(Cl)c3C)c12. The fourth-order valence-electron chi connectivity index (χ4n) is 5.93. The van der Waals surface area contributed by atoms with Crippen LogP contribution in [0.3, 0.4) is 0 Å². The highest BCUT2D eigenvalue weighted by molar-refractivity contribution is 7.22. The summed E-state index contributed by atoms with van der Waals surface area (Å²) >= 11 is 8.46. The molecule has 1 aliphatic rings. The van der Waals surface area contributed by atoms with Crippen LogP contribution in [0.5, 0.6) is 11.6 Å². The van der Waals surface area contributed by atoms with E-state index in [2.05, 4.69) is 26.8 Å². The van der Waals surface area contributed by atoms with Gasteiger partial charge in [0.1, 0.15) is 29.3 Å². The predicted molar refractivity (Wildman–Crippen MR) is 189 cm³/mol. The van der Waals surface area contributed by atoms with Gasteiger partial charge in [-0.25, -0.2) is 14.8 Å². The van der Waals surface area contributed by atoms with Crippen molar-refractivity contribution in [3.8, 4) is 33.4 Å². The van der Waals surface area contributed by atoms with Crippen molar-refractivity contribution in [1.29, 1.82) is 0 Å². The van der Waals surface area contributed by atoms with Crippen LogP contribution >= 0.6 is 22.9 Å². The van der Waals surface area contributed by atoms with E-state index >= 15 is 0 Å². The molecule has 6 rings (SSSR count). The van der Waals surface area contributed by atoms with E-state index in [1.54, 1.807) is 13.2 Å². The van der Waals surface area contributed by atoms with Gasteiger partial charge < -0.3 is 29.3 Å². The Morgan fingerprint density at radius 1 is 1.08 bits per heavy atom. The number of aromatic nitrogens is 2. The van der Waals surface area contributed by atoms with E-state index in [9.17, 15) is 4.79 Å². The van der Waals surface area contributed by atoms with Crippen LogP contribution in [0.25, 0.3) is 32.0 Å². The Hall–Kier alpha value is -4.00. The molecule has 0 bridgehead atoms. The molecule has 2 N–H and O–H groups in total. The lowest BCUT2D eigenvalue weighted by Gasteiger charge is -2.32. The summed E-state index contributed by atoms with van der Waals surface area (Å²) in [5.41, 5.74) is 10.3. The van der Waals surface area contributed by atoms with Crippen molar-refractivity contribution in [2.24, 2.45) is 5.73 Å². The lowest BCUT2D eigenvalue weighted by molar-refractivity contribution is -0.151. The van der Waals surface area contributed by atoms with Gasteiger partial charge in [-0.1, -0.05) is 41.9 Å². The van der Waals surface area contributed by atoms with E-state index in [1.165, 1.54) is 17.7 Å². The van der Waals surface area contributed by atoms with Crippen LogP contribution in [-0.4, -0.2) is 84.8 Å². The lowest BCUT2D eigenvalue weighted by Crippen LogP contribution is -2.45. The number of rotatable bonds is 13. The third kappa shape index (κ3) is 7.35. The van der Waals surface area contributed by atoms with Crippen molar-refractivity contribution in [3.63, 3.8) is 0 Å². The number of fused-ring (bicyclic) bond motifs is 1. The number of furan rings is 1. The van der Waals surface area contributed by atoms with E-state index in [0.717, 1.165) is 65.4 Å². The fraction of sp³-hybridized carbons (Fsp3) is 0.361. The third-order valence-electron chi connectivity index (χ3n) is 8.63. The van der Waals surface area contributed by atoms with Crippen molar-refractivity contribution in [1.82, 2.24) is 19.8 Å². The average Bonchev–Trinajstić information content (AvgIpc) is 3.77. The van der Waals surface area contributed by atoms with Crippen molar-refractivity contribution in [2.75, 3.05) is 53.0 Å². The molecule has 0 spiro atoms. The van der Waals surface area contributed by atoms with Gasteiger partial charge in [0, 0.05) is 51.3 Å². The maximum atomic E-state index is 13.3. The summed E-state index contributed by atoms with van der Waals surface area (Å²) < 4.78 is 24.0. The molecule has 1 fully saturated rings. The molecule has 48 heavy (non-hydrogen) atoms. The minimum Gasteiger partial charge on any atom is -0.491 e. The molecule has 0 radical (unpaired) electrons. The molecule has 1 saturated heterocycles. The molecular weight excluding hydrogens is 650 g/mol. The molecule has 0 amide bonds. The molecule has 5 aromatic rings. The summed E-state index contributed by atoms with van der Waals surface area (Å²) in [6, 6.07) is 15.4. The van der Waals surface area contributed by atoms with Crippen LogP contribution in [-0.2, 0) is 22.5 Å². The topological polar surface area (TPSA) is 116 Å². The fourth-order valence-corrected chi connectivity index (χ4v) is 7.27. The van der Waals surface area contributed by atoms with Crippen LogP contribution in [0.2, 0.25) is 5.02 Å². The summed E-state index contributed by atoms with van der Waals surface area (Å²) in [4.78, 5) is 28.7. The zero-order valence-corrected chi connectivity index (χ0v) is 29.0. The Labute approximate surface area is 289 Å². The molecule has 0 aliphatic carbocycles. The molecule has 1 aliphatic heterocycles. The zero-order chi connectivity index (χ0) is 33.6. The van der Waals surface area contributed by atoms with Crippen molar-refractivity contribution in [3.05, 3.63) is 82.8 Å². The highest BCUT2D eigenvalue weighted by Crippen LogP contribution is 2.49. The molecule has 252 valence electrons. The van der Waals surface area contributed by atoms with Crippen LogP contribution in [0.4, 0.5) is 0 Å². The van der Waals surface area contributed by atoms with Gasteiger partial charge in [-0.15, -0.1) is 11.3 Å². The molecule has 0 saturated carbocycles. The number of hydrogen-bond acceptors (Lipinski definition) is 11. The van der Waals surface area contributed by atoms with E-state index in [4.69, 9.17) is 36.0 Å².